The van der Waals surface area contributed by atoms with Gasteiger partial charge in [0.25, 0.3) is 5.91 Å². The fourth-order valence-corrected chi connectivity index (χ4v) is 3.61. The van der Waals surface area contributed by atoms with Crippen LogP contribution in [0.5, 0.6) is 0 Å². The van der Waals surface area contributed by atoms with Gasteiger partial charge in [-0.15, -0.1) is 11.3 Å². The van der Waals surface area contributed by atoms with Gasteiger partial charge in [-0.3, -0.25) is 14.4 Å². The van der Waals surface area contributed by atoms with Crippen LogP contribution in [0.25, 0.3) is 0 Å². The van der Waals surface area contributed by atoms with Crippen LogP contribution in [0.1, 0.15) is 22.5 Å². The molecule has 0 unspecified atom stereocenters. The van der Waals surface area contributed by atoms with Crippen LogP contribution >= 0.6 is 11.3 Å². The molecule has 3 rings (SSSR count). The first kappa shape index (κ1) is 19.9. The average Bonchev–Trinajstić information content (AvgIpc) is 3.38. The molecule has 2 aromatic rings. The summed E-state index contributed by atoms with van der Waals surface area (Å²) in [7, 11) is 0. The summed E-state index contributed by atoms with van der Waals surface area (Å²) in [6.07, 6.45) is 1.11. The van der Waals surface area contributed by atoms with Crippen LogP contribution in [0.15, 0.2) is 29.6 Å². The molecule has 0 saturated carbocycles. The highest BCUT2D eigenvalue weighted by Crippen LogP contribution is 2.22. The van der Waals surface area contributed by atoms with Crippen LogP contribution in [0.3, 0.4) is 0 Å². The Labute approximate surface area is 162 Å². The summed E-state index contributed by atoms with van der Waals surface area (Å²) in [6, 6.07) is 4.27. The molecule has 10 heteroatoms. The Kier molecular flexibility index (Phi) is 5.98. The molecule has 2 N–H and O–H groups in total. The number of rotatable bonds is 5. The molecular formula is C18H16F3N3O3S. The third-order valence-corrected chi connectivity index (χ3v) is 5.14. The number of likely N-dealkylation sites (tertiary alicyclic amines) is 1. The second-order valence-corrected chi connectivity index (χ2v) is 7.07. The van der Waals surface area contributed by atoms with E-state index in [2.05, 4.69) is 10.6 Å². The molecular weight excluding hydrogens is 395 g/mol. The minimum atomic E-state index is -1.70. The third-order valence-electron chi connectivity index (χ3n) is 4.28. The first-order valence-corrected chi connectivity index (χ1v) is 9.32. The zero-order chi connectivity index (χ0) is 20.3. The van der Waals surface area contributed by atoms with E-state index in [0.717, 1.165) is 6.07 Å². The molecule has 1 aromatic heterocycles. The lowest BCUT2D eigenvalue weighted by atomic mass is 10.2. The van der Waals surface area contributed by atoms with Crippen molar-refractivity contribution in [3.05, 3.63) is 52.0 Å². The summed E-state index contributed by atoms with van der Waals surface area (Å²) >= 11 is 1.27. The number of benzene rings is 1. The van der Waals surface area contributed by atoms with Crippen molar-refractivity contribution in [2.24, 2.45) is 0 Å². The largest absolute Gasteiger partial charge is 0.345 e. The lowest BCUT2D eigenvalue weighted by molar-refractivity contribution is -0.127. The molecule has 0 radical (unpaired) electrons. The van der Waals surface area contributed by atoms with Gasteiger partial charge in [-0.05, 0) is 36.4 Å². The number of nitrogens with one attached hydrogen (secondary N) is 2. The van der Waals surface area contributed by atoms with E-state index in [1.807, 2.05) is 0 Å². The van der Waals surface area contributed by atoms with Gasteiger partial charge in [-0.2, -0.15) is 0 Å². The minimum Gasteiger partial charge on any atom is -0.345 e. The van der Waals surface area contributed by atoms with Gasteiger partial charge in [0, 0.05) is 6.54 Å². The third kappa shape index (κ3) is 4.16. The Hall–Kier alpha value is -2.88. The second-order valence-electron chi connectivity index (χ2n) is 6.12. The Balaban J connectivity index is 1.57. The van der Waals surface area contributed by atoms with E-state index in [1.54, 1.807) is 17.5 Å². The summed E-state index contributed by atoms with van der Waals surface area (Å²) < 4.78 is 39.7. The standard InChI is InChI=1S/C18H16F3N3O3S/c19-10-5-6-11(16(21)15(10)20)23-14(25)9-22-17(26)12-3-1-7-24(12)18(27)13-4-2-8-28-13/h2,4-6,8,12H,1,3,7,9H2,(H,22,26)(H,23,25)/t12-/m0/s1. The fourth-order valence-electron chi connectivity index (χ4n) is 2.93. The van der Waals surface area contributed by atoms with Crippen LogP contribution in [0.2, 0.25) is 0 Å². The summed E-state index contributed by atoms with van der Waals surface area (Å²) in [5.74, 6) is -6.17. The summed E-state index contributed by atoms with van der Waals surface area (Å²) in [5.41, 5.74) is -0.534. The maximum absolute atomic E-state index is 13.6. The molecule has 28 heavy (non-hydrogen) atoms. The van der Waals surface area contributed by atoms with Crippen molar-refractivity contribution in [2.45, 2.75) is 18.9 Å². The molecule has 0 spiro atoms. The fraction of sp³-hybridized carbons (Fsp3) is 0.278. The summed E-state index contributed by atoms with van der Waals surface area (Å²) in [5, 5.41) is 6.22. The Morgan fingerprint density at radius 2 is 1.93 bits per heavy atom. The summed E-state index contributed by atoms with van der Waals surface area (Å²) in [4.78, 5) is 38.7. The lowest BCUT2D eigenvalue weighted by Crippen LogP contribution is -2.47. The number of carbonyl (C=O) groups is 3. The SMILES string of the molecule is O=C(CNC(=O)[C@@H]1CCCN1C(=O)c1cccs1)Nc1ccc(F)c(F)c1F. The van der Waals surface area contributed by atoms with Gasteiger partial charge in [0.1, 0.15) is 6.04 Å². The highest BCUT2D eigenvalue weighted by molar-refractivity contribution is 7.12. The number of hydrogen-bond donors (Lipinski definition) is 2. The Morgan fingerprint density at radius 3 is 2.64 bits per heavy atom. The van der Waals surface area contributed by atoms with Crippen molar-refractivity contribution in [3.63, 3.8) is 0 Å². The maximum Gasteiger partial charge on any atom is 0.264 e. The zero-order valence-electron chi connectivity index (χ0n) is 14.5. The topological polar surface area (TPSA) is 78.5 Å². The van der Waals surface area contributed by atoms with Crippen LogP contribution < -0.4 is 10.6 Å². The number of hydrogen-bond acceptors (Lipinski definition) is 4. The first-order valence-electron chi connectivity index (χ1n) is 8.44. The zero-order valence-corrected chi connectivity index (χ0v) is 15.3. The highest BCUT2D eigenvalue weighted by Gasteiger charge is 2.34. The monoisotopic (exact) mass is 411 g/mol. The normalized spacial score (nSPS) is 16.1. The Bertz CT molecular complexity index is 905. The predicted molar refractivity (Wildman–Crippen MR) is 96.3 cm³/mol. The molecule has 3 amide bonds. The highest BCUT2D eigenvalue weighted by atomic mass is 32.1. The van der Waals surface area contributed by atoms with Gasteiger partial charge < -0.3 is 15.5 Å². The molecule has 0 aliphatic carbocycles. The van der Waals surface area contributed by atoms with Gasteiger partial charge in [-0.1, -0.05) is 6.07 Å². The molecule has 1 saturated heterocycles. The van der Waals surface area contributed by atoms with Crippen LogP contribution in [-0.2, 0) is 9.59 Å². The van der Waals surface area contributed by atoms with E-state index in [1.165, 1.54) is 16.2 Å². The van der Waals surface area contributed by atoms with E-state index in [0.29, 0.717) is 30.3 Å². The lowest BCUT2D eigenvalue weighted by Gasteiger charge is -2.23. The van der Waals surface area contributed by atoms with E-state index in [4.69, 9.17) is 0 Å². The van der Waals surface area contributed by atoms with Crippen LogP contribution in [0, 0.1) is 17.5 Å². The first-order chi connectivity index (χ1) is 13.4. The van der Waals surface area contributed by atoms with Gasteiger partial charge in [0.15, 0.2) is 17.5 Å². The van der Waals surface area contributed by atoms with Gasteiger partial charge in [0.2, 0.25) is 11.8 Å². The van der Waals surface area contributed by atoms with Crippen molar-refractivity contribution in [1.29, 1.82) is 0 Å². The minimum absolute atomic E-state index is 0.249. The second kappa shape index (κ2) is 8.42. The van der Waals surface area contributed by atoms with Crippen LogP contribution in [0.4, 0.5) is 18.9 Å². The molecule has 6 nitrogen and oxygen atoms in total. The van der Waals surface area contributed by atoms with E-state index >= 15 is 0 Å². The van der Waals surface area contributed by atoms with Crippen LogP contribution in [-0.4, -0.2) is 41.8 Å². The molecule has 1 fully saturated rings. The number of carbonyl (C=O) groups excluding carboxylic acids is 3. The number of anilines is 1. The molecule has 1 atom stereocenters. The molecule has 148 valence electrons. The van der Waals surface area contributed by atoms with Crippen molar-refractivity contribution in [3.8, 4) is 0 Å². The maximum atomic E-state index is 13.6. The predicted octanol–water partition coefficient (Wildman–Crippen LogP) is 2.52. The molecule has 2 heterocycles. The summed E-state index contributed by atoms with van der Waals surface area (Å²) in [6.45, 7) is -0.0735. The average molecular weight is 411 g/mol. The quantitative estimate of drug-likeness (QED) is 0.743. The van der Waals surface area contributed by atoms with E-state index in [9.17, 15) is 27.6 Å². The molecule has 1 aliphatic rings. The molecule has 1 aromatic carbocycles. The number of thiophene rings is 1. The molecule has 1 aliphatic heterocycles. The number of nitrogens with zero attached hydrogens (tertiary/aromatic N) is 1. The van der Waals surface area contributed by atoms with Gasteiger partial charge in [-0.25, -0.2) is 13.2 Å². The van der Waals surface area contributed by atoms with Crippen molar-refractivity contribution >= 4 is 34.7 Å². The number of amides is 3. The van der Waals surface area contributed by atoms with Crippen molar-refractivity contribution in [1.82, 2.24) is 10.2 Å². The van der Waals surface area contributed by atoms with Crippen molar-refractivity contribution < 1.29 is 27.6 Å². The molecule has 0 bridgehead atoms. The Morgan fingerprint density at radius 1 is 1.14 bits per heavy atom. The van der Waals surface area contributed by atoms with Gasteiger partial charge >= 0.3 is 0 Å². The number of halogens is 3. The van der Waals surface area contributed by atoms with Crippen molar-refractivity contribution in [2.75, 3.05) is 18.4 Å². The smallest absolute Gasteiger partial charge is 0.264 e. The van der Waals surface area contributed by atoms with E-state index < -0.39 is 47.5 Å². The van der Waals surface area contributed by atoms with E-state index in [-0.39, 0.29) is 5.91 Å². The van der Waals surface area contributed by atoms with Gasteiger partial charge in [0.05, 0.1) is 17.1 Å².